The first-order chi connectivity index (χ1) is 9.22. The lowest BCUT2D eigenvalue weighted by atomic mass is 9.54. The lowest BCUT2D eigenvalue weighted by Gasteiger charge is -2.56. The summed E-state index contributed by atoms with van der Waals surface area (Å²) < 4.78 is 6.57. The summed E-state index contributed by atoms with van der Waals surface area (Å²) in [5, 5.41) is 3.50. The van der Waals surface area contributed by atoms with E-state index in [1.54, 1.807) is 0 Å². The standard InChI is InChI=1S/C16H28N2O/c1-18-3-2-17-10-15(18)11-19-16-7-12-4-13(8-16)6-14(5-12)9-16/h12-15,17H,2-11H2,1H3. The third-order valence-corrected chi connectivity index (χ3v) is 6.21. The summed E-state index contributed by atoms with van der Waals surface area (Å²) in [4.78, 5) is 2.47. The van der Waals surface area contributed by atoms with Gasteiger partial charge in [0.05, 0.1) is 12.2 Å². The molecular weight excluding hydrogens is 236 g/mol. The molecular formula is C16H28N2O. The van der Waals surface area contributed by atoms with Crippen LogP contribution in [0.1, 0.15) is 38.5 Å². The van der Waals surface area contributed by atoms with Crippen LogP contribution in [0.25, 0.3) is 0 Å². The van der Waals surface area contributed by atoms with E-state index in [1.165, 1.54) is 38.5 Å². The van der Waals surface area contributed by atoms with Crippen LogP contribution in [0, 0.1) is 17.8 Å². The Kier molecular flexibility index (Phi) is 3.13. The Hall–Kier alpha value is -0.120. The summed E-state index contributed by atoms with van der Waals surface area (Å²) in [6.45, 7) is 4.33. The quantitative estimate of drug-likeness (QED) is 0.842. The molecule has 5 fully saturated rings. The first-order valence-corrected chi connectivity index (χ1v) is 8.27. The van der Waals surface area contributed by atoms with Gasteiger partial charge in [0.15, 0.2) is 0 Å². The number of nitrogens with one attached hydrogen (secondary N) is 1. The van der Waals surface area contributed by atoms with Crippen LogP contribution in [-0.4, -0.2) is 49.8 Å². The van der Waals surface area contributed by atoms with Gasteiger partial charge in [0.2, 0.25) is 0 Å². The van der Waals surface area contributed by atoms with E-state index in [4.69, 9.17) is 4.74 Å². The number of nitrogens with zero attached hydrogens (tertiary/aromatic N) is 1. The van der Waals surface area contributed by atoms with Crippen molar-refractivity contribution in [2.24, 2.45) is 17.8 Å². The zero-order valence-corrected chi connectivity index (χ0v) is 12.2. The molecule has 1 atom stereocenters. The Morgan fingerprint density at radius 2 is 1.74 bits per heavy atom. The second kappa shape index (κ2) is 4.71. The Labute approximate surface area is 117 Å². The van der Waals surface area contributed by atoms with Crippen LogP contribution in [0.5, 0.6) is 0 Å². The lowest BCUT2D eigenvalue weighted by Crippen LogP contribution is -2.56. The Bertz CT molecular complexity index is 308. The van der Waals surface area contributed by atoms with Crippen LogP contribution in [0.3, 0.4) is 0 Å². The zero-order valence-electron chi connectivity index (χ0n) is 12.2. The predicted octanol–water partition coefficient (Wildman–Crippen LogP) is 1.88. The van der Waals surface area contributed by atoms with Gasteiger partial charge >= 0.3 is 0 Å². The average molecular weight is 264 g/mol. The van der Waals surface area contributed by atoms with Crippen LogP contribution in [0.4, 0.5) is 0 Å². The van der Waals surface area contributed by atoms with Crippen LogP contribution in [0.15, 0.2) is 0 Å². The first-order valence-electron chi connectivity index (χ1n) is 8.27. The summed E-state index contributed by atoms with van der Waals surface area (Å²) in [6.07, 6.45) is 8.61. The topological polar surface area (TPSA) is 24.5 Å². The molecule has 0 amide bonds. The average Bonchev–Trinajstić information content (AvgIpc) is 2.36. The third-order valence-electron chi connectivity index (χ3n) is 6.21. The van der Waals surface area contributed by atoms with Gasteiger partial charge in [0.1, 0.15) is 0 Å². The van der Waals surface area contributed by atoms with E-state index in [9.17, 15) is 0 Å². The van der Waals surface area contributed by atoms with Gasteiger partial charge in [-0.15, -0.1) is 0 Å². The molecule has 19 heavy (non-hydrogen) atoms. The van der Waals surface area contributed by atoms with Gasteiger partial charge in [-0.3, -0.25) is 4.90 Å². The predicted molar refractivity (Wildman–Crippen MR) is 76.1 cm³/mol. The fraction of sp³-hybridized carbons (Fsp3) is 1.00. The minimum Gasteiger partial charge on any atom is -0.373 e. The molecule has 1 unspecified atom stereocenters. The van der Waals surface area contributed by atoms with Crippen molar-refractivity contribution in [3.63, 3.8) is 0 Å². The summed E-state index contributed by atoms with van der Waals surface area (Å²) in [7, 11) is 2.24. The summed E-state index contributed by atoms with van der Waals surface area (Å²) >= 11 is 0. The highest BCUT2D eigenvalue weighted by Crippen LogP contribution is 2.57. The van der Waals surface area contributed by atoms with Gasteiger partial charge in [-0.05, 0) is 63.3 Å². The van der Waals surface area contributed by atoms with Crippen LogP contribution in [0.2, 0.25) is 0 Å². The van der Waals surface area contributed by atoms with E-state index in [1.807, 2.05) is 0 Å². The summed E-state index contributed by atoms with van der Waals surface area (Å²) in [5.41, 5.74) is 0.285. The van der Waals surface area contributed by atoms with Crippen LogP contribution in [-0.2, 0) is 4.74 Å². The molecule has 0 aromatic carbocycles. The molecule has 108 valence electrons. The third kappa shape index (κ3) is 2.34. The molecule has 4 bridgehead atoms. The minimum absolute atomic E-state index is 0.285. The second-order valence-corrected chi connectivity index (χ2v) is 7.75. The van der Waals surface area contributed by atoms with Gasteiger partial charge in [-0.25, -0.2) is 0 Å². The number of hydrogen-bond acceptors (Lipinski definition) is 3. The van der Waals surface area contributed by atoms with E-state index in [0.29, 0.717) is 6.04 Å². The van der Waals surface area contributed by atoms with Gasteiger partial charge < -0.3 is 10.1 Å². The van der Waals surface area contributed by atoms with E-state index in [-0.39, 0.29) is 5.60 Å². The van der Waals surface area contributed by atoms with Crippen molar-refractivity contribution in [3.05, 3.63) is 0 Å². The van der Waals surface area contributed by atoms with Gasteiger partial charge in [0, 0.05) is 25.7 Å². The van der Waals surface area contributed by atoms with E-state index >= 15 is 0 Å². The monoisotopic (exact) mass is 264 g/mol. The van der Waals surface area contributed by atoms with Crippen LogP contribution < -0.4 is 5.32 Å². The van der Waals surface area contributed by atoms with Crippen molar-refractivity contribution in [1.29, 1.82) is 0 Å². The van der Waals surface area contributed by atoms with Gasteiger partial charge in [0.25, 0.3) is 0 Å². The van der Waals surface area contributed by atoms with Gasteiger partial charge in [-0.1, -0.05) is 0 Å². The first kappa shape index (κ1) is 12.6. The number of likely N-dealkylation sites (N-methyl/N-ethyl adjacent to an activating group) is 1. The number of hydrogen-bond donors (Lipinski definition) is 1. The molecule has 0 aromatic rings. The van der Waals surface area contributed by atoms with Crippen molar-refractivity contribution in [1.82, 2.24) is 10.2 Å². The maximum Gasteiger partial charge on any atom is 0.0691 e. The summed E-state index contributed by atoms with van der Waals surface area (Å²) in [6, 6.07) is 0.585. The fourth-order valence-corrected chi connectivity index (χ4v) is 5.53. The molecule has 0 aromatic heterocycles. The SMILES string of the molecule is CN1CCNCC1COC12CC3CC(CC(C3)C1)C2. The Balaban J connectivity index is 1.39. The molecule has 4 saturated carbocycles. The number of rotatable bonds is 3. The smallest absolute Gasteiger partial charge is 0.0691 e. The van der Waals surface area contributed by atoms with Crippen molar-refractivity contribution in [3.8, 4) is 0 Å². The fourth-order valence-electron chi connectivity index (χ4n) is 5.53. The highest BCUT2D eigenvalue weighted by Gasteiger charge is 2.51. The largest absolute Gasteiger partial charge is 0.373 e. The minimum atomic E-state index is 0.285. The summed E-state index contributed by atoms with van der Waals surface area (Å²) in [5.74, 6) is 2.98. The molecule has 1 saturated heterocycles. The zero-order chi connectivity index (χ0) is 12.9. The maximum absolute atomic E-state index is 6.57. The Morgan fingerprint density at radius 3 is 2.32 bits per heavy atom. The normalized spacial score (nSPS) is 49.7. The van der Waals surface area contributed by atoms with E-state index in [2.05, 4.69) is 17.3 Å². The Morgan fingerprint density at radius 1 is 1.11 bits per heavy atom. The molecule has 5 rings (SSSR count). The maximum atomic E-state index is 6.57. The lowest BCUT2D eigenvalue weighted by molar-refractivity contribution is -0.170. The number of ether oxygens (including phenoxy) is 1. The highest BCUT2D eigenvalue weighted by atomic mass is 16.5. The van der Waals surface area contributed by atoms with E-state index < -0.39 is 0 Å². The molecule has 1 N–H and O–H groups in total. The second-order valence-electron chi connectivity index (χ2n) is 7.75. The molecule has 5 aliphatic rings. The highest BCUT2D eigenvalue weighted by molar-refractivity contribution is 5.03. The molecule has 3 nitrogen and oxygen atoms in total. The molecule has 4 aliphatic carbocycles. The molecule has 1 heterocycles. The molecule has 3 heteroatoms. The molecule has 1 aliphatic heterocycles. The van der Waals surface area contributed by atoms with Crippen molar-refractivity contribution < 1.29 is 4.74 Å². The van der Waals surface area contributed by atoms with Crippen LogP contribution >= 0.6 is 0 Å². The molecule has 0 spiro atoms. The van der Waals surface area contributed by atoms with Crippen molar-refractivity contribution in [2.75, 3.05) is 33.3 Å². The van der Waals surface area contributed by atoms with E-state index in [0.717, 1.165) is 44.0 Å². The van der Waals surface area contributed by atoms with Crippen molar-refractivity contribution in [2.45, 2.75) is 50.2 Å². The van der Waals surface area contributed by atoms with Crippen molar-refractivity contribution >= 4 is 0 Å². The number of piperazine rings is 1. The van der Waals surface area contributed by atoms with Gasteiger partial charge in [-0.2, -0.15) is 0 Å². The molecule has 0 radical (unpaired) electrons.